The zero-order valence-electron chi connectivity index (χ0n) is 10.7. The Balaban J connectivity index is 2.76. The Hall–Kier alpha value is -0.580. The molecule has 1 nitrogen and oxygen atoms in total. The van der Waals surface area contributed by atoms with Crippen molar-refractivity contribution in [2.75, 3.05) is 0 Å². The van der Waals surface area contributed by atoms with Gasteiger partial charge >= 0.3 is 6.18 Å². The third kappa shape index (κ3) is 4.96. The van der Waals surface area contributed by atoms with E-state index in [9.17, 15) is 13.2 Å². The summed E-state index contributed by atoms with van der Waals surface area (Å²) in [6.45, 7) is 6.09. The van der Waals surface area contributed by atoms with Gasteiger partial charge in [0.05, 0.1) is 0 Å². The van der Waals surface area contributed by atoms with Gasteiger partial charge in [-0.15, -0.1) is 0 Å². The lowest BCUT2D eigenvalue weighted by Gasteiger charge is -2.19. The van der Waals surface area contributed by atoms with Crippen LogP contribution in [0.2, 0.25) is 0 Å². The van der Waals surface area contributed by atoms with Crippen molar-refractivity contribution in [3.8, 4) is 0 Å². The maximum absolute atomic E-state index is 12.1. The molecule has 0 aliphatic heterocycles. The van der Waals surface area contributed by atoms with Crippen LogP contribution in [0.15, 0.2) is 16.7 Å². The molecule has 0 aliphatic carbocycles. The predicted octanol–water partition coefficient (Wildman–Crippen LogP) is 5.03. The minimum atomic E-state index is -4.08. The molecule has 0 saturated heterocycles. The highest BCUT2D eigenvalue weighted by Crippen LogP contribution is 2.27. The number of aryl methyl sites for hydroxylation is 1. The molecule has 0 aliphatic rings. The maximum Gasteiger partial charge on any atom is 0.389 e. The topological polar surface area (TPSA) is 12.9 Å². The van der Waals surface area contributed by atoms with Crippen molar-refractivity contribution in [2.24, 2.45) is 0 Å². The second-order valence-corrected chi connectivity index (χ2v) is 6.23. The standard InChI is InChI=1S/C13H17BrF3N/c1-12(2,3)11-7-9(10(14)8-18-11)5-4-6-13(15,16)17/h7-8H,4-6H2,1-3H3. The van der Waals surface area contributed by atoms with E-state index in [4.69, 9.17) is 0 Å². The largest absolute Gasteiger partial charge is 0.389 e. The molecular weight excluding hydrogens is 307 g/mol. The number of aromatic nitrogens is 1. The molecule has 1 aromatic rings. The number of nitrogens with zero attached hydrogens (tertiary/aromatic N) is 1. The molecule has 0 amide bonds. The average molecular weight is 324 g/mol. The molecule has 0 bridgehead atoms. The maximum atomic E-state index is 12.1. The number of alkyl halides is 3. The molecule has 5 heteroatoms. The highest BCUT2D eigenvalue weighted by molar-refractivity contribution is 9.10. The van der Waals surface area contributed by atoms with E-state index >= 15 is 0 Å². The minimum Gasteiger partial charge on any atom is -0.260 e. The number of hydrogen-bond donors (Lipinski definition) is 0. The molecule has 102 valence electrons. The Bertz CT molecular complexity index is 408. The fraction of sp³-hybridized carbons (Fsp3) is 0.615. The number of halogens is 4. The van der Waals surface area contributed by atoms with Crippen molar-refractivity contribution >= 4 is 15.9 Å². The third-order valence-corrected chi connectivity index (χ3v) is 3.32. The molecule has 1 rings (SSSR count). The molecule has 0 saturated carbocycles. The van der Waals surface area contributed by atoms with Crippen LogP contribution in [0.3, 0.4) is 0 Å². The first-order valence-electron chi connectivity index (χ1n) is 5.81. The van der Waals surface area contributed by atoms with Crippen LogP contribution in [0, 0.1) is 0 Å². The van der Waals surface area contributed by atoms with Crippen LogP contribution in [-0.4, -0.2) is 11.2 Å². The highest BCUT2D eigenvalue weighted by atomic mass is 79.9. The molecule has 1 heterocycles. The van der Waals surface area contributed by atoms with Gasteiger partial charge < -0.3 is 0 Å². The second kappa shape index (κ2) is 5.59. The molecule has 0 fully saturated rings. The fourth-order valence-corrected chi connectivity index (χ4v) is 1.98. The lowest BCUT2D eigenvalue weighted by Crippen LogP contribution is -2.14. The van der Waals surface area contributed by atoms with Gasteiger partial charge in [0.15, 0.2) is 0 Å². The molecule has 0 aromatic carbocycles. The van der Waals surface area contributed by atoms with Crippen molar-refractivity contribution in [2.45, 2.75) is 51.6 Å². The van der Waals surface area contributed by atoms with Crippen molar-refractivity contribution in [3.63, 3.8) is 0 Å². The van der Waals surface area contributed by atoms with Gasteiger partial charge in [0.2, 0.25) is 0 Å². The van der Waals surface area contributed by atoms with E-state index in [1.165, 1.54) is 0 Å². The average Bonchev–Trinajstić information content (AvgIpc) is 2.17. The summed E-state index contributed by atoms with van der Waals surface area (Å²) in [5.74, 6) is 0. The summed E-state index contributed by atoms with van der Waals surface area (Å²) in [6, 6.07) is 1.89. The molecule has 18 heavy (non-hydrogen) atoms. The van der Waals surface area contributed by atoms with Crippen molar-refractivity contribution in [1.29, 1.82) is 0 Å². The van der Waals surface area contributed by atoms with Crippen molar-refractivity contribution in [3.05, 3.63) is 28.0 Å². The van der Waals surface area contributed by atoms with Crippen LogP contribution in [0.1, 0.15) is 44.9 Å². The van der Waals surface area contributed by atoms with Crippen LogP contribution in [0.4, 0.5) is 13.2 Å². The predicted molar refractivity (Wildman–Crippen MR) is 69.6 cm³/mol. The Kier molecular flexibility index (Phi) is 4.81. The first-order valence-corrected chi connectivity index (χ1v) is 6.60. The third-order valence-electron chi connectivity index (χ3n) is 2.61. The van der Waals surface area contributed by atoms with E-state index in [-0.39, 0.29) is 11.8 Å². The van der Waals surface area contributed by atoms with Gasteiger partial charge in [-0.2, -0.15) is 13.2 Å². The number of hydrogen-bond acceptors (Lipinski definition) is 1. The Morgan fingerprint density at radius 1 is 1.22 bits per heavy atom. The van der Waals surface area contributed by atoms with Gasteiger partial charge in [0, 0.05) is 28.2 Å². The van der Waals surface area contributed by atoms with Gasteiger partial charge in [-0.25, -0.2) is 0 Å². The molecule has 0 N–H and O–H groups in total. The summed E-state index contributed by atoms with van der Waals surface area (Å²) in [7, 11) is 0. The van der Waals surface area contributed by atoms with Crippen LogP contribution in [0.25, 0.3) is 0 Å². The van der Waals surface area contributed by atoms with Gasteiger partial charge in [0.1, 0.15) is 0 Å². The van der Waals surface area contributed by atoms with E-state index in [1.54, 1.807) is 6.20 Å². The normalized spacial score (nSPS) is 12.8. The molecule has 1 aromatic heterocycles. The van der Waals surface area contributed by atoms with E-state index in [0.29, 0.717) is 6.42 Å². The lowest BCUT2D eigenvalue weighted by atomic mass is 9.90. The number of rotatable bonds is 3. The smallest absolute Gasteiger partial charge is 0.260 e. The number of pyridine rings is 1. The zero-order chi connectivity index (χ0) is 14.0. The second-order valence-electron chi connectivity index (χ2n) is 5.38. The van der Waals surface area contributed by atoms with E-state index in [0.717, 1.165) is 15.7 Å². The quantitative estimate of drug-likeness (QED) is 0.760. The van der Waals surface area contributed by atoms with Crippen molar-refractivity contribution in [1.82, 2.24) is 4.98 Å². The van der Waals surface area contributed by atoms with E-state index in [2.05, 4.69) is 20.9 Å². The molecule has 0 spiro atoms. The summed E-state index contributed by atoms with van der Waals surface area (Å²) >= 11 is 3.33. The molecular formula is C13H17BrF3N. The van der Waals surface area contributed by atoms with Gasteiger partial charge in [-0.3, -0.25) is 4.98 Å². The van der Waals surface area contributed by atoms with Crippen molar-refractivity contribution < 1.29 is 13.2 Å². The highest BCUT2D eigenvalue weighted by Gasteiger charge is 2.26. The first kappa shape index (κ1) is 15.5. The monoisotopic (exact) mass is 323 g/mol. The molecule has 0 atom stereocenters. The fourth-order valence-electron chi connectivity index (χ4n) is 1.56. The summed E-state index contributed by atoms with van der Waals surface area (Å²) in [4.78, 5) is 4.30. The Morgan fingerprint density at radius 3 is 2.33 bits per heavy atom. The summed E-state index contributed by atoms with van der Waals surface area (Å²) < 4.78 is 37.1. The Labute approximate surface area is 114 Å². The summed E-state index contributed by atoms with van der Waals surface area (Å²) in [5, 5.41) is 0. The van der Waals surface area contributed by atoms with Gasteiger partial charge in [0.25, 0.3) is 0 Å². The van der Waals surface area contributed by atoms with Crippen LogP contribution >= 0.6 is 15.9 Å². The first-order chi connectivity index (χ1) is 8.09. The Morgan fingerprint density at radius 2 is 1.83 bits per heavy atom. The van der Waals surface area contributed by atoms with E-state index < -0.39 is 12.6 Å². The minimum absolute atomic E-state index is 0.0977. The zero-order valence-corrected chi connectivity index (χ0v) is 12.3. The van der Waals surface area contributed by atoms with Crippen LogP contribution < -0.4 is 0 Å². The molecule has 0 unspecified atom stereocenters. The van der Waals surface area contributed by atoms with E-state index in [1.807, 2.05) is 26.8 Å². The SMILES string of the molecule is CC(C)(C)c1cc(CCCC(F)(F)F)c(Br)cn1. The van der Waals surface area contributed by atoms with Gasteiger partial charge in [-0.1, -0.05) is 20.8 Å². The van der Waals surface area contributed by atoms with Crippen LogP contribution in [0.5, 0.6) is 0 Å². The summed E-state index contributed by atoms with van der Waals surface area (Å²) in [6.07, 6.45) is -2.64. The van der Waals surface area contributed by atoms with Crippen LogP contribution in [-0.2, 0) is 11.8 Å². The molecule has 0 radical (unpaired) electrons. The summed E-state index contributed by atoms with van der Waals surface area (Å²) in [5.41, 5.74) is 1.69. The lowest BCUT2D eigenvalue weighted by molar-refractivity contribution is -0.135. The van der Waals surface area contributed by atoms with Gasteiger partial charge in [-0.05, 0) is 40.4 Å².